The monoisotopic (exact) mass is 453 g/mol. The molecule has 1 aliphatic heterocycles. The van der Waals surface area contributed by atoms with Crippen LogP contribution in [0.5, 0.6) is 0 Å². The molecule has 0 aromatic heterocycles. The molecule has 6 nitrogen and oxygen atoms in total. The van der Waals surface area contributed by atoms with Crippen molar-refractivity contribution in [2.45, 2.75) is 17.9 Å². The van der Waals surface area contributed by atoms with Crippen molar-refractivity contribution in [2.24, 2.45) is 0 Å². The molecule has 0 atom stereocenters. The highest BCUT2D eigenvalue weighted by atomic mass is 32.2. The summed E-state index contributed by atoms with van der Waals surface area (Å²) in [6.07, 6.45) is 0.641. The third-order valence-corrected chi connectivity index (χ3v) is 7.18. The average molecular weight is 453 g/mol. The normalized spacial score (nSPS) is 13.9. The number of Topliss-reactive ketones (excluding diaryl/α,β-unsaturated/α-hetero) is 1. The van der Waals surface area contributed by atoms with E-state index in [9.17, 15) is 22.4 Å². The van der Waals surface area contributed by atoms with E-state index < -0.39 is 34.2 Å². The van der Waals surface area contributed by atoms with E-state index in [1.54, 1.807) is 0 Å². The van der Waals surface area contributed by atoms with E-state index in [1.165, 1.54) is 40.7 Å². The van der Waals surface area contributed by atoms with Crippen LogP contribution >= 0.6 is 0 Å². The summed E-state index contributed by atoms with van der Waals surface area (Å²) in [5.41, 5.74) is 2.48. The molecule has 8 heteroatoms. The summed E-state index contributed by atoms with van der Waals surface area (Å²) in [6, 6.07) is 18.1. The van der Waals surface area contributed by atoms with Crippen molar-refractivity contribution in [1.29, 1.82) is 0 Å². The van der Waals surface area contributed by atoms with Gasteiger partial charge in [0.05, 0.1) is 10.5 Å². The first-order valence-corrected chi connectivity index (χ1v) is 11.4. The van der Waals surface area contributed by atoms with Crippen LogP contribution < -0.4 is 0 Å². The van der Waals surface area contributed by atoms with Gasteiger partial charge in [0.25, 0.3) is 0 Å². The van der Waals surface area contributed by atoms with Crippen LogP contribution in [-0.4, -0.2) is 37.6 Å². The van der Waals surface area contributed by atoms with E-state index in [0.29, 0.717) is 19.5 Å². The van der Waals surface area contributed by atoms with Gasteiger partial charge >= 0.3 is 5.97 Å². The van der Waals surface area contributed by atoms with Crippen LogP contribution in [-0.2, 0) is 27.7 Å². The van der Waals surface area contributed by atoms with Crippen molar-refractivity contribution in [3.05, 3.63) is 101 Å². The minimum Gasteiger partial charge on any atom is -0.454 e. The average Bonchev–Trinajstić information content (AvgIpc) is 2.82. The van der Waals surface area contributed by atoms with Crippen molar-refractivity contribution < 1.29 is 27.1 Å². The molecule has 0 spiro atoms. The Morgan fingerprint density at radius 1 is 0.875 bits per heavy atom. The Hall–Kier alpha value is -3.36. The molecule has 1 heterocycles. The quantitative estimate of drug-likeness (QED) is 0.421. The van der Waals surface area contributed by atoms with Crippen LogP contribution in [0.1, 0.15) is 31.8 Å². The predicted molar refractivity (Wildman–Crippen MR) is 115 cm³/mol. The molecule has 0 radical (unpaired) electrons. The van der Waals surface area contributed by atoms with E-state index in [2.05, 4.69) is 0 Å². The van der Waals surface area contributed by atoms with Gasteiger partial charge in [-0.2, -0.15) is 4.31 Å². The van der Waals surface area contributed by atoms with E-state index in [4.69, 9.17) is 4.74 Å². The first-order valence-electron chi connectivity index (χ1n) is 9.97. The fraction of sp³-hybridized carbons (Fsp3) is 0.167. The number of ketones is 1. The molecule has 1 aliphatic rings. The number of fused-ring (bicyclic) bond motifs is 1. The molecule has 0 saturated carbocycles. The maximum atomic E-state index is 13.0. The third kappa shape index (κ3) is 4.61. The Kier molecular flexibility index (Phi) is 6.16. The minimum absolute atomic E-state index is 0.0795. The highest BCUT2D eigenvalue weighted by Crippen LogP contribution is 2.25. The third-order valence-electron chi connectivity index (χ3n) is 5.32. The molecule has 0 N–H and O–H groups in total. The topological polar surface area (TPSA) is 80.8 Å². The Labute approximate surface area is 185 Å². The van der Waals surface area contributed by atoms with E-state index in [-0.39, 0.29) is 16.0 Å². The summed E-state index contributed by atoms with van der Waals surface area (Å²) in [6.45, 7) is 0.181. The molecular weight excluding hydrogens is 433 g/mol. The largest absolute Gasteiger partial charge is 0.454 e. The van der Waals surface area contributed by atoms with Crippen LogP contribution in [0.15, 0.2) is 77.7 Å². The summed E-state index contributed by atoms with van der Waals surface area (Å²) >= 11 is 0. The van der Waals surface area contributed by atoms with Gasteiger partial charge in [0.1, 0.15) is 5.82 Å². The fourth-order valence-electron chi connectivity index (χ4n) is 3.52. The number of benzene rings is 3. The second-order valence-corrected chi connectivity index (χ2v) is 9.33. The van der Waals surface area contributed by atoms with Gasteiger partial charge in [0.2, 0.25) is 10.0 Å². The van der Waals surface area contributed by atoms with Crippen LogP contribution in [0.4, 0.5) is 4.39 Å². The van der Waals surface area contributed by atoms with Gasteiger partial charge in [-0.25, -0.2) is 17.6 Å². The Bertz CT molecular complexity index is 1250. The van der Waals surface area contributed by atoms with E-state index in [1.807, 2.05) is 24.3 Å². The molecule has 0 aliphatic carbocycles. The Balaban J connectivity index is 1.40. The van der Waals surface area contributed by atoms with Gasteiger partial charge in [-0.15, -0.1) is 0 Å². The summed E-state index contributed by atoms with van der Waals surface area (Å²) in [5, 5.41) is 0. The molecule has 0 fully saturated rings. The van der Waals surface area contributed by atoms with Crippen LogP contribution in [0, 0.1) is 5.82 Å². The minimum atomic E-state index is -3.72. The van der Waals surface area contributed by atoms with Crippen LogP contribution in [0.25, 0.3) is 0 Å². The zero-order valence-electron chi connectivity index (χ0n) is 17.0. The molecule has 0 saturated heterocycles. The summed E-state index contributed by atoms with van der Waals surface area (Å²) in [4.78, 5) is 24.4. The molecule has 4 rings (SSSR count). The SMILES string of the molecule is O=C(COC(=O)c1ccc(S(=O)(=O)N2CCc3ccccc3C2)cc1)c1ccc(F)cc1. The Morgan fingerprint density at radius 3 is 2.19 bits per heavy atom. The number of esters is 1. The lowest BCUT2D eigenvalue weighted by Gasteiger charge is -2.28. The van der Waals surface area contributed by atoms with Crippen molar-refractivity contribution in [2.75, 3.05) is 13.2 Å². The van der Waals surface area contributed by atoms with Crippen molar-refractivity contribution in [3.8, 4) is 0 Å². The first kappa shape index (κ1) is 21.9. The van der Waals surface area contributed by atoms with Crippen molar-refractivity contribution in [1.82, 2.24) is 4.31 Å². The number of rotatable bonds is 6. The summed E-state index contributed by atoms with van der Waals surface area (Å²) in [5.74, 6) is -1.69. The van der Waals surface area contributed by atoms with Gasteiger partial charge in [0.15, 0.2) is 12.4 Å². The number of hydrogen-bond donors (Lipinski definition) is 0. The van der Waals surface area contributed by atoms with Crippen LogP contribution in [0.3, 0.4) is 0 Å². The standard InChI is InChI=1S/C24H20FNO5S/c25-21-9-5-18(6-10-21)23(27)16-31-24(28)19-7-11-22(12-8-19)32(29,30)26-14-13-17-3-1-2-4-20(17)15-26/h1-12H,13-16H2. The zero-order valence-corrected chi connectivity index (χ0v) is 17.8. The second kappa shape index (κ2) is 9.02. The summed E-state index contributed by atoms with van der Waals surface area (Å²) in [7, 11) is -3.72. The highest BCUT2D eigenvalue weighted by molar-refractivity contribution is 7.89. The highest BCUT2D eigenvalue weighted by Gasteiger charge is 2.28. The number of sulfonamides is 1. The van der Waals surface area contributed by atoms with E-state index >= 15 is 0 Å². The van der Waals surface area contributed by atoms with Gasteiger partial charge in [-0.1, -0.05) is 24.3 Å². The second-order valence-electron chi connectivity index (χ2n) is 7.39. The smallest absolute Gasteiger partial charge is 0.338 e. The molecule has 0 amide bonds. The fourth-order valence-corrected chi connectivity index (χ4v) is 4.94. The molecule has 0 bridgehead atoms. The zero-order chi connectivity index (χ0) is 22.7. The number of carbonyl (C=O) groups is 2. The molecule has 32 heavy (non-hydrogen) atoms. The molecule has 3 aromatic carbocycles. The molecule has 164 valence electrons. The first-order chi connectivity index (χ1) is 15.3. The number of carbonyl (C=O) groups excluding carboxylic acids is 2. The molecule has 3 aromatic rings. The maximum absolute atomic E-state index is 13.0. The van der Waals surface area contributed by atoms with Crippen LogP contribution in [0.2, 0.25) is 0 Å². The number of hydrogen-bond acceptors (Lipinski definition) is 5. The lowest BCUT2D eigenvalue weighted by atomic mass is 10.0. The van der Waals surface area contributed by atoms with Gasteiger partial charge in [-0.05, 0) is 66.1 Å². The number of nitrogens with zero attached hydrogens (tertiary/aromatic N) is 1. The van der Waals surface area contributed by atoms with Crippen molar-refractivity contribution in [3.63, 3.8) is 0 Å². The Morgan fingerprint density at radius 2 is 1.50 bits per heavy atom. The molecular formula is C24H20FNO5S. The predicted octanol–water partition coefficient (Wildman–Crippen LogP) is 3.61. The lowest BCUT2D eigenvalue weighted by molar-refractivity contribution is 0.0474. The number of halogens is 1. The molecule has 0 unspecified atom stereocenters. The van der Waals surface area contributed by atoms with Gasteiger partial charge in [0, 0.05) is 18.7 Å². The van der Waals surface area contributed by atoms with Gasteiger partial charge < -0.3 is 4.74 Å². The number of ether oxygens (including phenoxy) is 1. The van der Waals surface area contributed by atoms with E-state index in [0.717, 1.165) is 23.3 Å². The van der Waals surface area contributed by atoms with Gasteiger partial charge in [-0.3, -0.25) is 4.79 Å². The lowest BCUT2D eigenvalue weighted by Crippen LogP contribution is -2.35. The van der Waals surface area contributed by atoms with Crippen molar-refractivity contribution >= 4 is 21.8 Å². The maximum Gasteiger partial charge on any atom is 0.338 e. The summed E-state index contributed by atoms with van der Waals surface area (Å²) < 4.78 is 45.4.